The lowest BCUT2D eigenvalue weighted by Crippen LogP contribution is -2.15. The van der Waals surface area contributed by atoms with Gasteiger partial charge < -0.3 is 4.74 Å². The van der Waals surface area contributed by atoms with Crippen molar-refractivity contribution in [3.8, 4) is 5.69 Å². The minimum Gasteiger partial charge on any atom is -0.462 e. The Labute approximate surface area is 164 Å². The van der Waals surface area contributed by atoms with Crippen LogP contribution >= 0.6 is 0 Å². The molecule has 0 saturated carbocycles. The van der Waals surface area contributed by atoms with Gasteiger partial charge in [-0.3, -0.25) is 4.72 Å². The van der Waals surface area contributed by atoms with Crippen molar-refractivity contribution in [2.45, 2.75) is 25.7 Å². The highest BCUT2D eigenvalue weighted by Gasteiger charge is 2.25. The fraction of sp³-hybridized carbons (Fsp3) is 0.200. The van der Waals surface area contributed by atoms with Gasteiger partial charge in [0.1, 0.15) is 4.90 Å². The lowest BCUT2D eigenvalue weighted by Gasteiger charge is -2.10. The summed E-state index contributed by atoms with van der Waals surface area (Å²) < 4.78 is 35.0. The molecule has 0 aliphatic rings. The summed E-state index contributed by atoms with van der Waals surface area (Å²) in [4.78, 5) is 11.8. The monoisotopic (exact) mass is 399 g/mol. The summed E-state index contributed by atoms with van der Waals surface area (Å²) >= 11 is 0. The lowest BCUT2D eigenvalue weighted by molar-refractivity contribution is 0.0526. The number of aryl methyl sites for hydroxylation is 1. The normalized spacial score (nSPS) is 11.2. The fourth-order valence-electron chi connectivity index (χ4n) is 2.93. The van der Waals surface area contributed by atoms with Crippen LogP contribution in [0.5, 0.6) is 0 Å². The summed E-state index contributed by atoms with van der Waals surface area (Å²) in [5.74, 6) is -0.451. The highest BCUT2D eigenvalue weighted by Crippen LogP contribution is 2.25. The minimum absolute atomic E-state index is 0.130. The molecule has 0 amide bonds. The third-order valence-corrected chi connectivity index (χ3v) is 5.78. The smallest absolute Gasteiger partial charge is 0.338 e. The molecule has 3 rings (SSSR count). The average molecular weight is 399 g/mol. The number of benzene rings is 2. The van der Waals surface area contributed by atoms with E-state index in [0.29, 0.717) is 22.6 Å². The molecule has 0 fully saturated rings. The second-order valence-electron chi connectivity index (χ2n) is 6.15. The molecule has 0 radical (unpaired) electrons. The van der Waals surface area contributed by atoms with Crippen LogP contribution in [0.3, 0.4) is 0 Å². The van der Waals surface area contributed by atoms with Crippen LogP contribution in [0.4, 0.5) is 5.69 Å². The number of para-hydroxylation sites is 1. The van der Waals surface area contributed by atoms with Crippen molar-refractivity contribution in [3.63, 3.8) is 0 Å². The van der Waals surface area contributed by atoms with Crippen molar-refractivity contribution in [1.82, 2.24) is 9.78 Å². The summed E-state index contributed by atoms with van der Waals surface area (Å²) in [5.41, 5.74) is 2.40. The van der Waals surface area contributed by atoms with E-state index in [0.717, 1.165) is 5.69 Å². The number of esters is 1. The van der Waals surface area contributed by atoms with Crippen molar-refractivity contribution < 1.29 is 17.9 Å². The molecule has 1 heterocycles. The first kappa shape index (κ1) is 19.6. The first-order valence-corrected chi connectivity index (χ1v) is 10.2. The predicted molar refractivity (Wildman–Crippen MR) is 106 cm³/mol. The van der Waals surface area contributed by atoms with Crippen LogP contribution in [0.15, 0.2) is 59.5 Å². The molecule has 0 bridgehead atoms. The molecule has 146 valence electrons. The van der Waals surface area contributed by atoms with Crippen molar-refractivity contribution >= 4 is 21.7 Å². The van der Waals surface area contributed by atoms with Gasteiger partial charge in [-0.1, -0.05) is 18.2 Å². The van der Waals surface area contributed by atoms with Crippen LogP contribution in [-0.2, 0) is 14.8 Å². The standard InChI is InChI=1S/C20H21N3O4S/c1-4-27-20(24)16-10-12-17(13-11-16)22-28(25,26)19-14(2)21-23(15(19)3)18-8-6-5-7-9-18/h5-13,22H,4H2,1-3H3. The molecule has 1 aromatic heterocycles. The zero-order chi connectivity index (χ0) is 20.3. The molecule has 2 aromatic carbocycles. The SMILES string of the molecule is CCOC(=O)c1ccc(NS(=O)(=O)c2c(C)nn(-c3ccccc3)c2C)cc1. The summed E-state index contributed by atoms with van der Waals surface area (Å²) in [6.07, 6.45) is 0. The number of sulfonamides is 1. The number of rotatable bonds is 6. The minimum atomic E-state index is -3.85. The van der Waals surface area contributed by atoms with Gasteiger partial charge in [0, 0.05) is 5.69 Å². The number of nitrogens with zero attached hydrogens (tertiary/aromatic N) is 2. The molecule has 7 nitrogen and oxygen atoms in total. The molecule has 28 heavy (non-hydrogen) atoms. The van der Waals surface area contributed by atoms with Crippen molar-refractivity contribution in [2.24, 2.45) is 0 Å². The molecule has 1 N–H and O–H groups in total. The maximum Gasteiger partial charge on any atom is 0.338 e. The van der Waals surface area contributed by atoms with Gasteiger partial charge in [0.05, 0.1) is 29.2 Å². The molecule has 0 aliphatic carbocycles. The van der Waals surface area contributed by atoms with E-state index in [1.54, 1.807) is 25.5 Å². The van der Waals surface area contributed by atoms with Crippen LogP contribution < -0.4 is 4.72 Å². The first-order chi connectivity index (χ1) is 13.3. The van der Waals surface area contributed by atoms with Gasteiger partial charge in [0.25, 0.3) is 10.0 Å². The van der Waals surface area contributed by atoms with Gasteiger partial charge >= 0.3 is 5.97 Å². The van der Waals surface area contributed by atoms with Gasteiger partial charge in [-0.05, 0) is 57.2 Å². The Bertz CT molecular complexity index is 1090. The second-order valence-corrected chi connectivity index (χ2v) is 7.77. The van der Waals surface area contributed by atoms with E-state index in [1.807, 2.05) is 30.3 Å². The summed E-state index contributed by atoms with van der Waals surface area (Å²) in [6.45, 7) is 5.37. The largest absolute Gasteiger partial charge is 0.462 e. The molecular formula is C20H21N3O4S. The Morgan fingerprint density at radius 2 is 1.71 bits per heavy atom. The third kappa shape index (κ3) is 3.91. The number of hydrogen-bond acceptors (Lipinski definition) is 5. The van der Waals surface area contributed by atoms with Crippen LogP contribution in [0, 0.1) is 13.8 Å². The Balaban J connectivity index is 1.90. The molecule has 8 heteroatoms. The third-order valence-electron chi connectivity index (χ3n) is 4.14. The number of carbonyl (C=O) groups excluding carboxylic acids is 1. The Morgan fingerprint density at radius 1 is 1.07 bits per heavy atom. The second kappa shape index (κ2) is 7.85. The van der Waals surface area contributed by atoms with Gasteiger partial charge in [-0.15, -0.1) is 0 Å². The van der Waals surface area contributed by atoms with Gasteiger partial charge in [0.2, 0.25) is 0 Å². The maximum atomic E-state index is 13.0. The van der Waals surface area contributed by atoms with Crippen molar-refractivity contribution in [2.75, 3.05) is 11.3 Å². The van der Waals surface area contributed by atoms with Crippen LogP contribution in [-0.4, -0.2) is 30.8 Å². The van der Waals surface area contributed by atoms with Gasteiger partial charge in [0.15, 0.2) is 0 Å². The number of nitrogens with one attached hydrogen (secondary N) is 1. The molecule has 0 unspecified atom stereocenters. The Kier molecular flexibility index (Phi) is 5.51. The fourth-order valence-corrected chi connectivity index (χ4v) is 4.39. The maximum absolute atomic E-state index is 13.0. The summed E-state index contributed by atoms with van der Waals surface area (Å²) in [5, 5.41) is 4.38. The highest BCUT2D eigenvalue weighted by molar-refractivity contribution is 7.92. The first-order valence-electron chi connectivity index (χ1n) is 8.75. The van der Waals surface area contributed by atoms with Crippen molar-refractivity contribution in [1.29, 1.82) is 0 Å². The number of anilines is 1. The van der Waals surface area contributed by atoms with Gasteiger partial charge in [-0.25, -0.2) is 17.9 Å². The molecule has 3 aromatic rings. The molecule has 0 atom stereocenters. The molecule has 0 spiro atoms. The van der Waals surface area contributed by atoms with Crippen LogP contribution in [0.2, 0.25) is 0 Å². The molecule has 0 aliphatic heterocycles. The van der Waals surface area contributed by atoms with E-state index >= 15 is 0 Å². The molecule has 0 saturated heterocycles. The zero-order valence-electron chi connectivity index (χ0n) is 15.8. The Hall–Kier alpha value is -3.13. The van der Waals surface area contributed by atoms with E-state index in [4.69, 9.17) is 4.74 Å². The van der Waals surface area contributed by atoms with Crippen LogP contribution in [0.1, 0.15) is 28.7 Å². The summed E-state index contributed by atoms with van der Waals surface area (Å²) in [6, 6.07) is 15.4. The topological polar surface area (TPSA) is 90.3 Å². The average Bonchev–Trinajstić information content (AvgIpc) is 2.98. The van der Waals surface area contributed by atoms with Crippen molar-refractivity contribution in [3.05, 3.63) is 71.5 Å². The predicted octanol–water partition coefficient (Wildman–Crippen LogP) is 3.47. The quantitative estimate of drug-likeness (QED) is 0.641. The van der Waals surface area contributed by atoms with E-state index < -0.39 is 16.0 Å². The number of carbonyl (C=O) groups is 1. The highest BCUT2D eigenvalue weighted by atomic mass is 32.2. The lowest BCUT2D eigenvalue weighted by atomic mass is 10.2. The summed E-state index contributed by atoms with van der Waals surface area (Å²) in [7, 11) is -3.85. The Morgan fingerprint density at radius 3 is 2.32 bits per heavy atom. The van der Waals surface area contributed by atoms with E-state index in [9.17, 15) is 13.2 Å². The van der Waals surface area contributed by atoms with E-state index in [1.165, 1.54) is 24.3 Å². The van der Waals surface area contributed by atoms with E-state index in [2.05, 4.69) is 9.82 Å². The van der Waals surface area contributed by atoms with Crippen LogP contribution in [0.25, 0.3) is 5.69 Å². The number of hydrogen-bond donors (Lipinski definition) is 1. The number of ether oxygens (including phenoxy) is 1. The zero-order valence-corrected chi connectivity index (χ0v) is 16.7. The number of aromatic nitrogens is 2. The van der Waals surface area contributed by atoms with E-state index in [-0.39, 0.29) is 11.5 Å². The molecular weight excluding hydrogens is 378 g/mol. The van der Waals surface area contributed by atoms with Gasteiger partial charge in [-0.2, -0.15) is 5.10 Å².